The maximum atomic E-state index is 12.1. The molecular weight excluding hydrogens is 264 g/mol. The van der Waals surface area contributed by atoms with Gasteiger partial charge >= 0.3 is 0 Å². The van der Waals surface area contributed by atoms with E-state index in [9.17, 15) is 13.2 Å². The number of sulfone groups is 1. The number of carbonyl (C=O) groups excluding carboxylic acids is 1. The highest BCUT2D eigenvalue weighted by Crippen LogP contribution is 2.24. The van der Waals surface area contributed by atoms with E-state index in [2.05, 4.69) is 4.98 Å². The molecule has 1 unspecified atom stereocenters. The average molecular weight is 282 g/mol. The predicted octanol–water partition coefficient (Wildman–Crippen LogP) is 1.32. The molecule has 5 nitrogen and oxygen atoms in total. The highest BCUT2D eigenvalue weighted by Gasteiger charge is 2.35. The number of carbonyl (C=O) groups is 1. The maximum Gasteiger partial charge on any atom is 0.228 e. The van der Waals surface area contributed by atoms with Gasteiger partial charge in [-0.3, -0.25) is 9.69 Å². The summed E-state index contributed by atoms with van der Waals surface area (Å²) in [6, 6.07) is 5.15. The lowest BCUT2D eigenvalue weighted by molar-refractivity contribution is -0.118. The molecule has 0 aliphatic carbocycles. The third-order valence-corrected chi connectivity index (χ3v) is 5.02. The van der Waals surface area contributed by atoms with Gasteiger partial charge in [-0.2, -0.15) is 0 Å². The Bertz CT molecular complexity index is 583. The van der Waals surface area contributed by atoms with E-state index in [4.69, 9.17) is 0 Å². The van der Waals surface area contributed by atoms with E-state index in [0.717, 1.165) is 5.69 Å². The molecule has 1 aromatic heterocycles. The summed E-state index contributed by atoms with van der Waals surface area (Å²) >= 11 is 0. The van der Waals surface area contributed by atoms with Crippen molar-refractivity contribution >= 4 is 21.6 Å². The van der Waals surface area contributed by atoms with Gasteiger partial charge in [0.2, 0.25) is 5.91 Å². The third kappa shape index (κ3) is 3.12. The quantitative estimate of drug-likeness (QED) is 0.838. The first kappa shape index (κ1) is 14.0. The van der Waals surface area contributed by atoms with Crippen LogP contribution in [0.25, 0.3) is 0 Å². The molecule has 1 aromatic rings. The van der Waals surface area contributed by atoms with Crippen molar-refractivity contribution < 1.29 is 13.2 Å². The van der Waals surface area contributed by atoms with E-state index < -0.39 is 9.84 Å². The van der Waals surface area contributed by atoms with Gasteiger partial charge in [-0.15, -0.1) is 0 Å². The smallest absolute Gasteiger partial charge is 0.228 e. The number of nitrogens with zero attached hydrogens (tertiary/aromatic N) is 2. The van der Waals surface area contributed by atoms with Crippen molar-refractivity contribution in [1.29, 1.82) is 0 Å². The van der Waals surface area contributed by atoms with Crippen LogP contribution in [0.3, 0.4) is 0 Å². The monoisotopic (exact) mass is 282 g/mol. The fourth-order valence-corrected chi connectivity index (χ4v) is 4.03. The molecule has 0 spiro atoms. The van der Waals surface area contributed by atoms with E-state index in [0.29, 0.717) is 18.7 Å². The van der Waals surface area contributed by atoms with Gasteiger partial charge in [0, 0.05) is 12.1 Å². The van der Waals surface area contributed by atoms with Crippen LogP contribution in [0.4, 0.5) is 5.82 Å². The Morgan fingerprint density at radius 2 is 2.21 bits per heavy atom. The third-order valence-electron chi connectivity index (χ3n) is 3.27. The fraction of sp³-hybridized carbons (Fsp3) is 0.538. The van der Waals surface area contributed by atoms with Gasteiger partial charge in [-0.25, -0.2) is 13.4 Å². The number of rotatable bonds is 3. The molecule has 1 saturated heterocycles. The number of aromatic nitrogens is 1. The number of amides is 1. The van der Waals surface area contributed by atoms with Crippen LogP contribution in [0.5, 0.6) is 0 Å². The van der Waals surface area contributed by atoms with Crippen LogP contribution in [0.1, 0.15) is 25.5 Å². The van der Waals surface area contributed by atoms with Gasteiger partial charge in [-0.1, -0.05) is 13.0 Å². The van der Waals surface area contributed by atoms with Crippen LogP contribution in [0.15, 0.2) is 18.2 Å². The number of anilines is 1. The maximum absolute atomic E-state index is 12.1. The number of pyridine rings is 1. The molecule has 1 amide bonds. The number of hydrogen-bond donors (Lipinski definition) is 0. The zero-order valence-electron chi connectivity index (χ0n) is 11.2. The number of hydrogen-bond acceptors (Lipinski definition) is 4. The lowest BCUT2D eigenvalue weighted by Crippen LogP contribution is -2.41. The minimum atomic E-state index is -3.02. The van der Waals surface area contributed by atoms with Gasteiger partial charge in [0.25, 0.3) is 0 Å². The van der Waals surface area contributed by atoms with Crippen LogP contribution < -0.4 is 4.90 Å². The van der Waals surface area contributed by atoms with E-state index in [1.807, 2.05) is 19.1 Å². The van der Waals surface area contributed by atoms with Gasteiger partial charge in [0.15, 0.2) is 9.84 Å². The lowest BCUT2D eigenvalue weighted by Gasteiger charge is -2.27. The molecule has 6 heteroatoms. The van der Waals surface area contributed by atoms with Gasteiger partial charge in [0.1, 0.15) is 5.82 Å². The van der Waals surface area contributed by atoms with Crippen molar-refractivity contribution in [3.63, 3.8) is 0 Å². The van der Waals surface area contributed by atoms with Crippen molar-refractivity contribution in [3.05, 3.63) is 23.9 Å². The van der Waals surface area contributed by atoms with Gasteiger partial charge < -0.3 is 0 Å². The largest absolute Gasteiger partial charge is 0.293 e. The zero-order chi connectivity index (χ0) is 14.0. The molecular formula is C13H18N2O3S. The average Bonchev–Trinajstić information content (AvgIpc) is 2.69. The summed E-state index contributed by atoms with van der Waals surface area (Å²) in [5.41, 5.74) is 0.812. The minimum Gasteiger partial charge on any atom is -0.293 e. The Balaban J connectivity index is 2.35. The molecule has 1 aliphatic rings. The second-order valence-electron chi connectivity index (χ2n) is 4.81. The molecule has 2 heterocycles. The lowest BCUT2D eigenvalue weighted by atomic mass is 10.2. The van der Waals surface area contributed by atoms with Crippen molar-refractivity contribution in [1.82, 2.24) is 4.98 Å². The number of aryl methyl sites for hydroxylation is 1. The minimum absolute atomic E-state index is 0.0361. The van der Waals surface area contributed by atoms with Crippen LogP contribution in [0.2, 0.25) is 0 Å². The first-order valence-corrected chi connectivity index (χ1v) is 8.21. The summed E-state index contributed by atoms with van der Waals surface area (Å²) in [6.07, 6.45) is 0.829. The highest BCUT2D eigenvalue weighted by molar-refractivity contribution is 7.91. The molecule has 19 heavy (non-hydrogen) atoms. The molecule has 2 rings (SSSR count). The zero-order valence-corrected chi connectivity index (χ0v) is 12.0. The molecule has 1 fully saturated rings. The summed E-state index contributed by atoms with van der Waals surface area (Å²) in [6.45, 7) is 3.62. The molecule has 0 saturated carbocycles. The predicted molar refractivity (Wildman–Crippen MR) is 73.8 cm³/mol. The summed E-state index contributed by atoms with van der Waals surface area (Å²) in [5.74, 6) is 0.653. The topological polar surface area (TPSA) is 67.3 Å². The summed E-state index contributed by atoms with van der Waals surface area (Å²) in [4.78, 5) is 18.0. The molecule has 1 atom stereocenters. The van der Waals surface area contributed by atoms with Gasteiger partial charge in [-0.05, 0) is 25.5 Å². The normalized spacial score (nSPS) is 21.3. The van der Waals surface area contributed by atoms with E-state index in [1.54, 1.807) is 17.9 Å². The Kier molecular flexibility index (Phi) is 3.89. The molecule has 0 bridgehead atoms. The Morgan fingerprint density at radius 3 is 2.74 bits per heavy atom. The molecule has 104 valence electrons. The fourth-order valence-electron chi connectivity index (χ4n) is 2.33. The van der Waals surface area contributed by atoms with Crippen molar-refractivity contribution in [3.8, 4) is 0 Å². The van der Waals surface area contributed by atoms with E-state index >= 15 is 0 Å². The van der Waals surface area contributed by atoms with Crippen LogP contribution >= 0.6 is 0 Å². The summed E-state index contributed by atoms with van der Waals surface area (Å²) in [5, 5.41) is 0. The first-order chi connectivity index (χ1) is 8.93. The molecule has 0 N–H and O–H groups in total. The van der Waals surface area contributed by atoms with Crippen LogP contribution in [0, 0.1) is 6.92 Å². The standard InChI is InChI=1S/C13H18N2O3S/c1-3-13(16)15(11-7-8-19(17,18)9-11)12-6-4-5-10(2)14-12/h4-6,11H,3,7-9H2,1-2H3. The SMILES string of the molecule is CCC(=O)N(c1cccc(C)n1)C1CCS(=O)(=O)C1. The van der Waals surface area contributed by atoms with E-state index in [1.165, 1.54) is 0 Å². The van der Waals surface area contributed by atoms with Crippen molar-refractivity contribution in [2.45, 2.75) is 32.7 Å². The Labute approximate surface area is 113 Å². The summed E-state index contributed by atoms with van der Waals surface area (Å²) in [7, 11) is -3.02. The van der Waals surface area contributed by atoms with Crippen molar-refractivity contribution in [2.24, 2.45) is 0 Å². The molecule has 0 aromatic carbocycles. The molecule has 1 aliphatic heterocycles. The summed E-state index contributed by atoms with van der Waals surface area (Å²) < 4.78 is 23.2. The Hall–Kier alpha value is -1.43. The van der Waals surface area contributed by atoms with Crippen molar-refractivity contribution in [2.75, 3.05) is 16.4 Å². The van der Waals surface area contributed by atoms with Crippen LogP contribution in [-0.2, 0) is 14.6 Å². The van der Waals surface area contributed by atoms with E-state index in [-0.39, 0.29) is 23.5 Å². The molecule has 0 radical (unpaired) electrons. The second kappa shape index (κ2) is 5.28. The Morgan fingerprint density at radius 1 is 1.47 bits per heavy atom. The van der Waals surface area contributed by atoms with Gasteiger partial charge in [0.05, 0.1) is 17.5 Å². The highest BCUT2D eigenvalue weighted by atomic mass is 32.2. The first-order valence-electron chi connectivity index (χ1n) is 6.39. The second-order valence-corrected chi connectivity index (χ2v) is 7.04. The van der Waals surface area contributed by atoms with Crippen LogP contribution in [-0.4, -0.2) is 36.9 Å².